The molecule has 7 nitrogen and oxygen atoms in total. The number of hydrogen-bond donors (Lipinski definition) is 2. The molecule has 0 saturated carbocycles. The average molecular weight is 246 g/mol. The summed E-state index contributed by atoms with van der Waals surface area (Å²) in [5.41, 5.74) is 3.00. The van der Waals surface area contributed by atoms with Crippen molar-refractivity contribution in [3.05, 3.63) is 30.3 Å². The van der Waals surface area contributed by atoms with Gasteiger partial charge in [0.1, 0.15) is 0 Å². The van der Waals surface area contributed by atoms with Gasteiger partial charge < -0.3 is 0 Å². The molecule has 0 aliphatic carbocycles. The summed E-state index contributed by atoms with van der Waals surface area (Å²) < 4.78 is 0. The molecule has 0 aliphatic heterocycles. The van der Waals surface area contributed by atoms with Gasteiger partial charge in [-0.25, -0.2) is 5.84 Å². The summed E-state index contributed by atoms with van der Waals surface area (Å²) in [5.74, 6) is 5.37. The number of nitrogens with zero attached hydrogens (tertiary/aromatic N) is 4. The van der Waals surface area contributed by atoms with Gasteiger partial charge in [-0.3, -0.25) is 10.2 Å². The molecule has 18 heavy (non-hydrogen) atoms. The van der Waals surface area contributed by atoms with Gasteiger partial charge in [0.05, 0.1) is 6.54 Å². The van der Waals surface area contributed by atoms with Gasteiger partial charge in [-0.05, 0) is 11.6 Å². The molecule has 0 atom stereocenters. The number of nitrogens with one attached hydrogen (secondary N) is 1. The van der Waals surface area contributed by atoms with E-state index in [0.717, 1.165) is 5.56 Å². The molecule has 3 N–H and O–H groups in total. The van der Waals surface area contributed by atoms with Crippen molar-refractivity contribution in [2.45, 2.75) is 19.4 Å². The van der Waals surface area contributed by atoms with Crippen LogP contribution in [0.2, 0.25) is 0 Å². The number of tetrazole rings is 1. The lowest BCUT2D eigenvalue weighted by Gasteiger charge is -1.98. The minimum Gasteiger partial charge on any atom is -0.294 e. The molecule has 1 amide bonds. The fourth-order valence-corrected chi connectivity index (χ4v) is 1.49. The molecular formula is C11H14N6O. The van der Waals surface area contributed by atoms with Crippen LogP contribution in [-0.4, -0.2) is 26.1 Å². The molecular weight excluding hydrogens is 232 g/mol. The first-order valence-corrected chi connectivity index (χ1v) is 5.62. The van der Waals surface area contributed by atoms with Gasteiger partial charge in [0.25, 0.3) is 0 Å². The highest BCUT2D eigenvalue weighted by molar-refractivity contribution is 5.75. The van der Waals surface area contributed by atoms with E-state index < -0.39 is 0 Å². The highest BCUT2D eigenvalue weighted by Crippen LogP contribution is 2.11. The van der Waals surface area contributed by atoms with E-state index in [1.54, 1.807) is 0 Å². The highest BCUT2D eigenvalue weighted by Gasteiger charge is 2.05. The first kappa shape index (κ1) is 12.2. The van der Waals surface area contributed by atoms with Gasteiger partial charge in [-0.1, -0.05) is 30.3 Å². The number of amides is 1. The predicted octanol–water partition coefficient (Wildman–Crippen LogP) is 0.110. The second-order valence-electron chi connectivity index (χ2n) is 3.75. The van der Waals surface area contributed by atoms with Crippen molar-refractivity contribution in [1.29, 1.82) is 0 Å². The van der Waals surface area contributed by atoms with Gasteiger partial charge in [-0.15, -0.1) is 10.2 Å². The minimum absolute atomic E-state index is 0.196. The topological polar surface area (TPSA) is 98.7 Å². The van der Waals surface area contributed by atoms with E-state index in [1.165, 1.54) is 4.80 Å². The number of hydrogen-bond acceptors (Lipinski definition) is 5. The van der Waals surface area contributed by atoms with Crippen LogP contribution in [0.25, 0.3) is 11.4 Å². The van der Waals surface area contributed by atoms with Crippen LogP contribution in [0.15, 0.2) is 30.3 Å². The van der Waals surface area contributed by atoms with E-state index >= 15 is 0 Å². The number of hydrazine groups is 1. The lowest BCUT2D eigenvalue weighted by atomic mass is 10.2. The standard InChI is InChI=1S/C11H14N6O/c12-13-10(18)7-4-8-17-15-11(14-16-17)9-5-2-1-3-6-9/h1-3,5-6H,4,7-8,12H2,(H,13,18). The van der Waals surface area contributed by atoms with Gasteiger partial charge >= 0.3 is 0 Å². The van der Waals surface area contributed by atoms with Crippen LogP contribution < -0.4 is 11.3 Å². The normalized spacial score (nSPS) is 10.3. The summed E-state index contributed by atoms with van der Waals surface area (Å²) in [7, 11) is 0. The summed E-state index contributed by atoms with van der Waals surface area (Å²) in [4.78, 5) is 12.4. The van der Waals surface area contributed by atoms with Crippen molar-refractivity contribution in [3.8, 4) is 11.4 Å². The molecule has 0 radical (unpaired) electrons. The molecule has 0 aliphatic rings. The van der Waals surface area contributed by atoms with Gasteiger partial charge in [0, 0.05) is 12.0 Å². The Balaban J connectivity index is 1.93. The van der Waals surface area contributed by atoms with E-state index in [-0.39, 0.29) is 5.91 Å². The average Bonchev–Trinajstić information content (AvgIpc) is 2.88. The van der Waals surface area contributed by atoms with Crippen LogP contribution in [0, 0.1) is 0 Å². The van der Waals surface area contributed by atoms with Crippen molar-refractivity contribution >= 4 is 5.91 Å². The van der Waals surface area contributed by atoms with Crippen LogP contribution in [0.3, 0.4) is 0 Å². The van der Waals surface area contributed by atoms with Gasteiger partial charge in [0.2, 0.25) is 11.7 Å². The smallest absolute Gasteiger partial charge is 0.233 e. The number of carbonyl (C=O) groups excluding carboxylic acids is 1. The van der Waals surface area contributed by atoms with Crippen molar-refractivity contribution in [2.75, 3.05) is 0 Å². The van der Waals surface area contributed by atoms with Crippen LogP contribution in [0.5, 0.6) is 0 Å². The van der Waals surface area contributed by atoms with Crippen LogP contribution in [0.4, 0.5) is 0 Å². The van der Waals surface area contributed by atoms with E-state index in [0.29, 0.717) is 25.2 Å². The van der Waals surface area contributed by atoms with Gasteiger partial charge in [0.15, 0.2) is 0 Å². The number of aromatic nitrogens is 4. The van der Waals surface area contributed by atoms with E-state index in [4.69, 9.17) is 5.84 Å². The summed E-state index contributed by atoms with van der Waals surface area (Å²) in [6.07, 6.45) is 0.965. The molecule has 2 rings (SSSR count). The summed E-state index contributed by atoms with van der Waals surface area (Å²) in [5, 5.41) is 12.1. The fraction of sp³-hybridized carbons (Fsp3) is 0.273. The largest absolute Gasteiger partial charge is 0.294 e. The maximum atomic E-state index is 10.9. The summed E-state index contributed by atoms with van der Waals surface area (Å²) in [6.45, 7) is 0.535. The monoisotopic (exact) mass is 246 g/mol. The third kappa shape index (κ3) is 3.11. The third-order valence-electron chi connectivity index (χ3n) is 2.41. The molecule has 2 aromatic rings. The number of nitrogens with two attached hydrogens (primary N) is 1. The molecule has 1 heterocycles. The Hall–Kier alpha value is -2.28. The van der Waals surface area contributed by atoms with E-state index in [2.05, 4.69) is 20.8 Å². The number of rotatable bonds is 5. The molecule has 1 aromatic heterocycles. The number of aryl methyl sites for hydroxylation is 1. The first-order chi connectivity index (χ1) is 8.79. The third-order valence-corrected chi connectivity index (χ3v) is 2.41. The SMILES string of the molecule is NNC(=O)CCCn1nnc(-c2ccccc2)n1. The lowest BCUT2D eigenvalue weighted by molar-refractivity contribution is -0.121. The Kier molecular flexibility index (Phi) is 3.98. The van der Waals surface area contributed by atoms with Crippen molar-refractivity contribution < 1.29 is 4.79 Å². The van der Waals surface area contributed by atoms with Crippen LogP contribution in [-0.2, 0) is 11.3 Å². The molecule has 0 bridgehead atoms. The zero-order chi connectivity index (χ0) is 12.8. The minimum atomic E-state index is -0.196. The van der Waals surface area contributed by atoms with Crippen molar-refractivity contribution in [3.63, 3.8) is 0 Å². The molecule has 0 spiro atoms. The maximum absolute atomic E-state index is 10.9. The molecule has 0 unspecified atom stereocenters. The molecule has 0 saturated heterocycles. The predicted molar refractivity (Wildman–Crippen MR) is 64.8 cm³/mol. The quantitative estimate of drug-likeness (QED) is 0.443. The Morgan fingerprint density at radius 2 is 2.11 bits per heavy atom. The zero-order valence-electron chi connectivity index (χ0n) is 9.78. The Morgan fingerprint density at radius 3 is 2.83 bits per heavy atom. The Labute approximate surface area is 104 Å². The number of benzene rings is 1. The van der Waals surface area contributed by atoms with Crippen molar-refractivity contribution in [2.24, 2.45) is 5.84 Å². The van der Waals surface area contributed by atoms with Crippen molar-refractivity contribution in [1.82, 2.24) is 25.6 Å². The second-order valence-corrected chi connectivity index (χ2v) is 3.75. The lowest BCUT2D eigenvalue weighted by Crippen LogP contribution is -2.29. The number of carbonyl (C=O) groups is 1. The van der Waals surface area contributed by atoms with E-state index in [9.17, 15) is 4.79 Å². The summed E-state index contributed by atoms with van der Waals surface area (Å²) >= 11 is 0. The first-order valence-electron chi connectivity index (χ1n) is 5.62. The van der Waals surface area contributed by atoms with Gasteiger partial charge in [-0.2, -0.15) is 4.80 Å². The molecule has 1 aromatic carbocycles. The summed E-state index contributed by atoms with van der Waals surface area (Å²) in [6, 6.07) is 9.61. The molecule has 7 heteroatoms. The Morgan fingerprint density at radius 1 is 1.33 bits per heavy atom. The molecule has 0 fully saturated rings. The zero-order valence-corrected chi connectivity index (χ0v) is 9.78. The fourth-order valence-electron chi connectivity index (χ4n) is 1.49. The van der Waals surface area contributed by atoms with Crippen LogP contribution >= 0.6 is 0 Å². The molecule has 94 valence electrons. The van der Waals surface area contributed by atoms with E-state index in [1.807, 2.05) is 30.3 Å². The van der Waals surface area contributed by atoms with Crippen LogP contribution in [0.1, 0.15) is 12.8 Å². The Bertz CT molecular complexity index is 509. The maximum Gasteiger partial charge on any atom is 0.233 e. The highest BCUT2D eigenvalue weighted by atomic mass is 16.2. The second kappa shape index (κ2) is 5.87.